The zero-order valence-corrected chi connectivity index (χ0v) is 6.18. The van der Waals surface area contributed by atoms with Crippen LogP contribution in [-0.4, -0.2) is 16.8 Å². The van der Waals surface area contributed by atoms with E-state index in [0.717, 1.165) is 5.56 Å². The highest BCUT2D eigenvalue weighted by molar-refractivity contribution is 6.12. The van der Waals surface area contributed by atoms with Gasteiger partial charge in [-0.15, -0.1) is 0 Å². The molecule has 0 saturated heterocycles. The Hall–Kier alpha value is -1.71. The molecule has 0 fully saturated rings. The molecule has 1 heterocycles. The van der Waals surface area contributed by atoms with E-state index in [4.69, 9.17) is 0 Å². The average molecular weight is 162 g/mol. The Morgan fingerprint density at radius 3 is 2.50 bits per heavy atom. The first-order valence-electron chi connectivity index (χ1n) is 3.55. The molecule has 1 atom stereocenters. The summed E-state index contributed by atoms with van der Waals surface area (Å²) < 4.78 is 0. The molecule has 1 unspecified atom stereocenters. The Labute approximate surface area is 68.7 Å². The lowest BCUT2D eigenvalue weighted by molar-refractivity contribution is -0.490. The topological polar surface area (TPSA) is 55.5 Å². The van der Waals surface area contributed by atoms with Gasteiger partial charge in [0.1, 0.15) is 5.71 Å². The van der Waals surface area contributed by atoms with Crippen molar-refractivity contribution in [3.63, 3.8) is 0 Å². The first-order valence-corrected chi connectivity index (χ1v) is 3.55. The van der Waals surface area contributed by atoms with Crippen LogP contribution in [0.1, 0.15) is 5.56 Å². The van der Waals surface area contributed by atoms with Crippen molar-refractivity contribution >= 4 is 5.71 Å². The standard InChI is InChI=1S/C8H6N2O2/c11-10(12)8-7(9-8)6-4-2-1-3-5-6/h1-5,8H. The van der Waals surface area contributed by atoms with E-state index in [1.807, 2.05) is 30.3 Å². The Morgan fingerprint density at radius 2 is 2.00 bits per heavy atom. The number of hydrogen-bond acceptors (Lipinski definition) is 3. The Bertz CT molecular complexity index is 345. The number of aliphatic imine (C=N–C) groups is 1. The van der Waals surface area contributed by atoms with Crippen LogP contribution in [0, 0.1) is 10.1 Å². The molecule has 0 spiro atoms. The van der Waals surface area contributed by atoms with E-state index in [9.17, 15) is 10.1 Å². The van der Waals surface area contributed by atoms with Crippen LogP contribution in [0.2, 0.25) is 0 Å². The number of benzene rings is 1. The number of nitrogens with zero attached hydrogens (tertiary/aromatic N) is 2. The van der Waals surface area contributed by atoms with Gasteiger partial charge in [0.2, 0.25) is 0 Å². The molecule has 0 saturated carbocycles. The van der Waals surface area contributed by atoms with Gasteiger partial charge < -0.3 is 0 Å². The largest absolute Gasteiger partial charge is 0.347 e. The number of hydrogen-bond donors (Lipinski definition) is 0. The van der Waals surface area contributed by atoms with Gasteiger partial charge in [0.15, 0.2) is 0 Å². The predicted octanol–water partition coefficient (Wildman–Crippen LogP) is 1.09. The molecule has 60 valence electrons. The second-order valence-corrected chi connectivity index (χ2v) is 2.54. The fourth-order valence-corrected chi connectivity index (χ4v) is 1.07. The molecule has 0 bridgehead atoms. The van der Waals surface area contributed by atoms with E-state index < -0.39 is 6.17 Å². The maximum Gasteiger partial charge on any atom is 0.347 e. The van der Waals surface area contributed by atoms with Crippen LogP contribution in [0.3, 0.4) is 0 Å². The van der Waals surface area contributed by atoms with Crippen molar-refractivity contribution in [2.24, 2.45) is 4.99 Å². The van der Waals surface area contributed by atoms with Crippen LogP contribution in [0.25, 0.3) is 0 Å². The molecule has 0 N–H and O–H groups in total. The highest BCUT2D eigenvalue weighted by Crippen LogP contribution is 2.19. The van der Waals surface area contributed by atoms with Crippen LogP contribution in [0.15, 0.2) is 35.3 Å². The van der Waals surface area contributed by atoms with Gasteiger partial charge in [0.25, 0.3) is 0 Å². The van der Waals surface area contributed by atoms with Crippen molar-refractivity contribution in [2.75, 3.05) is 0 Å². The first-order chi connectivity index (χ1) is 5.79. The lowest BCUT2D eigenvalue weighted by Gasteiger charge is -1.89. The molecule has 12 heavy (non-hydrogen) atoms. The zero-order valence-electron chi connectivity index (χ0n) is 6.18. The minimum Gasteiger partial charge on any atom is -0.262 e. The van der Waals surface area contributed by atoms with E-state index in [1.54, 1.807) is 0 Å². The summed E-state index contributed by atoms with van der Waals surface area (Å²) in [6, 6.07) is 9.19. The van der Waals surface area contributed by atoms with E-state index >= 15 is 0 Å². The minimum atomic E-state index is -0.785. The van der Waals surface area contributed by atoms with E-state index in [-0.39, 0.29) is 4.92 Å². The molecule has 1 aliphatic rings. The summed E-state index contributed by atoms with van der Waals surface area (Å²) in [6.07, 6.45) is -0.785. The van der Waals surface area contributed by atoms with Crippen molar-refractivity contribution < 1.29 is 4.92 Å². The van der Waals surface area contributed by atoms with Crippen LogP contribution in [0.5, 0.6) is 0 Å². The molecule has 0 amide bonds. The summed E-state index contributed by atoms with van der Waals surface area (Å²) in [5.74, 6) is 0. The summed E-state index contributed by atoms with van der Waals surface area (Å²) in [4.78, 5) is 13.6. The van der Waals surface area contributed by atoms with Crippen LogP contribution in [0.4, 0.5) is 0 Å². The minimum absolute atomic E-state index is 0.387. The lowest BCUT2D eigenvalue weighted by atomic mass is 10.2. The van der Waals surface area contributed by atoms with Crippen molar-refractivity contribution in [1.29, 1.82) is 0 Å². The average Bonchev–Trinajstić information content (AvgIpc) is 2.84. The van der Waals surface area contributed by atoms with Gasteiger partial charge in [0, 0.05) is 5.56 Å². The monoisotopic (exact) mass is 162 g/mol. The summed E-state index contributed by atoms with van der Waals surface area (Å²) in [5, 5.41) is 10.2. The van der Waals surface area contributed by atoms with Crippen LogP contribution in [-0.2, 0) is 0 Å². The molecule has 2 rings (SSSR count). The Balaban J connectivity index is 2.16. The highest BCUT2D eigenvalue weighted by atomic mass is 16.6. The second-order valence-electron chi connectivity index (χ2n) is 2.54. The molecule has 0 radical (unpaired) electrons. The van der Waals surface area contributed by atoms with E-state index in [2.05, 4.69) is 4.99 Å². The summed E-state index contributed by atoms with van der Waals surface area (Å²) in [6.45, 7) is 0. The fraction of sp³-hybridized carbons (Fsp3) is 0.125. The molecule has 4 heteroatoms. The van der Waals surface area contributed by atoms with Crippen molar-refractivity contribution in [2.45, 2.75) is 6.17 Å². The third-order valence-electron chi connectivity index (χ3n) is 1.71. The van der Waals surface area contributed by atoms with Crippen molar-refractivity contribution in [3.05, 3.63) is 46.0 Å². The van der Waals surface area contributed by atoms with Gasteiger partial charge in [-0.1, -0.05) is 30.3 Å². The quantitative estimate of drug-likeness (QED) is 0.482. The second kappa shape index (κ2) is 2.41. The van der Waals surface area contributed by atoms with Crippen molar-refractivity contribution in [3.8, 4) is 0 Å². The molecule has 0 aromatic heterocycles. The third kappa shape index (κ3) is 1.07. The van der Waals surface area contributed by atoms with Gasteiger partial charge in [-0.25, -0.2) is 4.99 Å². The lowest BCUT2D eigenvalue weighted by Crippen LogP contribution is -2.10. The normalized spacial score (nSPS) is 20.0. The molecular weight excluding hydrogens is 156 g/mol. The smallest absolute Gasteiger partial charge is 0.262 e. The third-order valence-corrected chi connectivity index (χ3v) is 1.71. The zero-order chi connectivity index (χ0) is 8.55. The molecule has 4 nitrogen and oxygen atoms in total. The van der Waals surface area contributed by atoms with Gasteiger partial charge >= 0.3 is 6.17 Å². The highest BCUT2D eigenvalue weighted by Gasteiger charge is 2.40. The maximum atomic E-state index is 10.2. The predicted molar refractivity (Wildman–Crippen MR) is 43.8 cm³/mol. The molecule has 0 aliphatic carbocycles. The SMILES string of the molecule is O=[N+]([O-])C1N=C1c1ccccc1. The van der Waals surface area contributed by atoms with Gasteiger partial charge in [-0.2, -0.15) is 0 Å². The molecule has 1 aromatic carbocycles. The maximum absolute atomic E-state index is 10.2. The van der Waals surface area contributed by atoms with Gasteiger partial charge in [-0.3, -0.25) is 10.1 Å². The molecular formula is C8H6N2O2. The summed E-state index contributed by atoms with van der Waals surface area (Å²) in [5.41, 5.74) is 1.43. The van der Waals surface area contributed by atoms with Crippen molar-refractivity contribution in [1.82, 2.24) is 0 Å². The van der Waals surface area contributed by atoms with Crippen LogP contribution >= 0.6 is 0 Å². The van der Waals surface area contributed by atoms with Gasteiger partial charge in [-0.05, 0) is 0 Å². The number of nitro groups is 1. The van der Waals surface area contributed by atoms with E-state index in [0.29, 0.717) is 5.71 Å². The summed E-state index contributed by atoms with van der Waals surface area (Å²) in [7, 11) is 0. The molecule has 1 aliphatic heterocycles. The fourth-order valence-electron chi connectivity index (χ4n) is 1.07. The summed E-state index contributed by atoms with van der Waals surface area (Å²) >= 11 is 0. The van der Waals surface area contributed by atoms with E-state index in [1.165, 1.54) is 0 Å². The van der Waals surface area contributed by atoms with Gasteiger partial charge in [0.05, 0.1) is 4.92 Å². The molecule has 1 aromatic rings. The first kappa shape index (κ1) is 6.97. The number of rotatable bonds is 2. The Morgan fingerprint density at radius 1 is 1.33 bits per heavy atom. The van der Waals surface area contributed by atoms with Crippen LogP contribution < -0.4 is 0 Å². The Kier molecular flexibility index (Phi) is 1.40.